The molecule has 0 aliphatic carbocycles. The molecular formula is C35H35BrO7. The van der Waals surface area contributed by atoms with Crippen LogP contribution in [-0.4, -0.2) is 49.1 Å². The maximum Gasteiger partial charge on any atom is 0.338 e. The predicted molar refractivity (Wildman–Crippen MR) is 166 cm³/mol. The first-order valence-corrected chi connectivity index (χ1v) is 15.1. The number of alkyl halides is 1. The predicted octanol–water partition coefficient (Wildman–Crippen LogP) is 6.73. The molecule has 0 saturated carbocycles. The lowest BCUT2D eigenvalue weighted by atomic mass is 9.99. The van der Waals surface area contributed by atoms with Crippen molar-refractivity contribution < 1.29 is 33.2 Å². The van der Waals surface area contributed by atoms with Gasteiger partial charge in [-0.15, -0.1) is 0 Å². The van der Waals surface area contributed by atoms with Crippen molar-refractivity contribution in [1.29, 1.82) is 0 Å². The van der Waals surface area contributed by atoms with Crippen LogP contribution in [0.25, 0.3) is 0 Å². The Bertz CT molecular complexity index is 1390. The fraction of sp³-hybridized carbons (Fsp3) is 0.286. The molecule has 43 heavy (non-hydrogen) atoms. The van der Waals surface area contributed by atoms with Crippen LogP contribution in [0.3, 0.4) is 0 Å². The average molecular weight is 648 g/mol. The van der Waals surface area contributed by atoms with E-state index in [1.54, 1.807) is 31.4 Å². The molecule has 0 N–H and O–H groups in total. The van der Waals surface area contributed by atoms with E-state index < -0.39 is 35.4 Å². The van der Waals surface area contributed by atoms with Crippen LogP contribution in [0.2, 0.25) is 0 Å². The Hall–Kier alpha value is -3.53. The van der Waals surface area contributed by atoms with E-state index in [1.165, 1.54) is 0 Å². The first-order chi connectivity index (χ1) is 21.1. The first-order valence-electron chi connectivity index (χ1n) is 14.2. The highest BCUT2D eigenvalue weighted by molar-refractivity contribution is 9.09. The fourth-order valence-electron chi connectivity index (χ4n) is 4.84. The van der Waals surface area contributed by atoms with E-state index in [0.29, 0.717) is 31.1 Å². The van der Waals surface area contributed by atoms with E-state index in [0.717, 1.165) is 16.7 Å². The lowest BCUT2D eigenvalue weighted by molar-refractivity contribution is -0.241. The van der Waals surface area contributed by atoms with E-state index in [-0.39, 0.29) is 6.61 Å². The maximum atomic E-state index is 13.3. The van der Waals surface area contributed by atoms with Crippen LogP contribution in [0.5, 0.6) is 5.75 Å². The summed E-state index contributed by atoms with van der Waals surface area (Å²) in [6.07, 6.45) is -2.60. The standard InChI is InChI=1S/C35H35BrO7/c1-38-29-19-17-28(18-20-29)35(37)43-33-32(41-23-27-15-9-4-10-16-27)31(40-22-26-13-7-3-8-14-26)30(42-34(33)36)24-39-21-25-11-5-2-6-12-25/h2-20,30-34H,21-24H2,1H3/t30-,31-,32+,33-,34+/m1/s1. The number of carbonyl (C=O) groups excluding carboxylic acids is 1. The molecule has 0 aromatic heterocycles. The molecular weight excluding hydrogens is 612 g/mol. The van der Waals surface area contributed by atoms with Crippen LogP contribution in [0.1, 0.15) is 27.0 Å². The largest absolute Gasteiger partial charge is 0.497 e. The lowest BCUT2D eigenvalue weighted by Gasteiger charge is -2.44. The summed E-state index contributed by atoms with van der Waals surface area (Å²) in [6.45, 7) is 1.29. The van der Waals surface area contributed by atoms with Gasteiger partial charge in [0.15, 0.2) is 11.1 Å². The van der Waals surface area contributed by atoms with Gasteiger partial charge in [0.05, 0.1) is 39.1 Å². The molecule has 0 spiro atoms. The van der Waals surface area contributed by atoms with Crippen LogP contribution >= 0.6 is 15.9 Å². The second-order valence-electron chi connectivity index (χ2n) is 10.1. The molecule has 0 amide bonds. The Morgan fingerprint density at radius 2 is 1.19 bits per heavy atom. The maximum absolute atomic E-state index is 13.3. The summed E-state index contributed by atoms with van der Waals surface area (Å²) in [4.78, 5) is 13.3. The Morgan fingerprint density at radius 3 is 1.72 bits per heavy atom. The molecule has 5 rings (SSSR count). The number of hydrogen-bond donors (Lipinski definition) is 0. The Labute approximate surface area is 260 Å². The lowest BCUT2D eigenvalue weighted by Crippen LogP contribution is -2.60. The monoisotopic (exact) mass is 646 g/mol. The smallest absolute Gasteiger partial charge is 0.338 e. The highest BCUT2D eigenvalue weighted by Gasteiger charge is 2.49. The van der Waals surface area contributed by atoms with Crippen LogP contribution in [0, 0.1) is 0 Å². The van der Waals surface area contributed by atoms with Crippen LogP contribution in [0.4, 0.5) is 0 Å². The molecule has 0 unspecified atom stereocenters. The third-order valence-electron chi connectivity index (χ3n) is 7.11. The number of hydrogen-bond acceptors (Lipinski definition) is 7. The average Bonchev–Trinajstić information content (AvgIpc) is 3.06. The molecule has 5 atom stereocenters. The molecule has 1 saturated heterocycles. The van der Waals surface area contributed by atoms with E-state index in [9.17, 15) is 4.79 Å². The third kappa shape index (κ3) is 8.75. The SMILES string of the molecule is COc1ccc(C(=O)O[C@@H]2[C@@H](OCc3ccccc3)[C@H](OCc3ccccc3)[C@@H](COCc3ccccc3)O[C@@H]2Br)cc1. The van der Waals surface area contributed by atoms with Gasteiger partial charge in [-0.05, 0) is 41.0 Å². The molecule has 4 aromatic carbocycles. The molecule has 1 aliphatic heterocycles. The van der Waals surface area contributed by atoms with Gasteiger partial charge < -0.3 is 28.4 Å². The van der Waals surface area contributed by atoms with E-state index >= 15 is 0 Å². The molecule has 1 heterocycles. The normalized spacial score (nSPS) is 21.7. The highest BCUT2D eigenvalue weighted by Crippen LogP contribution is 2.33. The summed E-state index contributed by atoms with van der Waals surface area (Å²) < 4.78 is 36.8. The molecule has 1 aliphatic rings. The van der Waals surface area contributed by atoms with Gasteiger partial charge in [-0.2, -0.15) is 0 Å². The molecule has 224 valence electrons. The molecule has 0 bridgehead atoms. The van der Waals surface area contributed by atoms with Crippen LogP contribution < -0.4 is 4.74 Å². The third-order valence-corrected chi connectivity index (χ3v) is 7.85. The highest BCUT2D eigenvalue weighted by atomic mass is 79.9. The zero-order valence-electron chi connectivity index (χ0n) is 23.9. The fourth-order valence-corrected chi connectivity index (χ4v) is 5.52. The van der Waals surface area contributed by atoms with E-state index in [2.05, 4.69) is 15.9 Å². The van der Waals surface area contributed by atoms with Crippen molar-refractivity contribution in [2.75, 3.05) is 13.7 Å². The van der Waals surface area contributed by atoms with Crippen molar-refractivity contribution in [3.63, 3.8) is 0 Å². The quantitative estimate of drug-likeness (QED) is 0.118. The van der Waals surface area contributed by atoms with Crippen LogP contribution in [-0.2, 0) is 43.5 Å². The number of carbonyl (C=O) groups is 1. The van der Waals surface area contributed by atoms with Gasteiger partial charge in [0, 0.05) is 0 Å². The zero-order chi connectivity index (χ0) is 29.9. The molecule has 0 radical (unpaired) electrons. The molecule has 1 fully saturated rings. The summed E-state index contributed by atoms with van der Waals surface area (Å²) in [5, 5.41) is -0.669. The number of benzene rings is 4. The summed E-state index contributed by atoms with van der Waals surface area (Å²) in [5.74, 6) is 0.141. The summed E-state index contributed by atoms with van der Waals surface area (Å²) in [6, 6.07) is 36.5. The number of ether oxygens (including phenoxy) is 6. The number of methoxy groups -OCH3 is 1. The summed E-state index contributed by atoms with van der Waals surface area (Å²) >= 11 is 3.64. The van der Waals surface area contributed by atoms with Crippen molar-refractivity contribution in [3.05, 3.63) is 138 Å². The van der Waals surface area contributed by atoms with Crippen molar-refractivity contribution in [3.8, 4) is 5.75 Å². The van der Waals surface area contributed by atoms with Gasteiger partial charge in [0.2, 0.25) is 0 Å². The minimum atomic E-state index is -0.815. The topological polar surface area (TPSA) is 72.5 Å². The minimum absolute atomic E-state index is 0.251. The van der Waals surface area contributed by atoms with Crippen molar-refractivity contribution >= 4 is 21.9 Å². The Morgan fingerprint density at radius 1 is 0.674 bits per heavy atom. The van der Waals surface area contributed by atoms with Crippen molar-refractivity contribution in [2.45, 2.75) is 49.2 Å². The first kappa shape index (κ1) is 30.9. The van der Waals surface area contributed by atoms with Gasteiger partial charge in [-0.3, -0.25) is 0 Å². The van der Waals surface area contributed by atoms with E-state index in [1.807, 2.05) is 91.0 Å². The van der Waals surface area contributed by atoms with Gasteiger partial charge in [0.25, 0.3) is 0 Å². The molecule has 8 heteroatoms. The number of halogens is 1. The summed E-state index contributed by atoms with van der Waals surface area (Å²) in [7, 11) is 1.58. The Balaban J connectivity index is 1.39. The summed E-state index contributed by atoms with van der Waals surface area (Å²) in [5.41, 5.74) is 3.43. The number of esters is 1. The minimum Gasteiger partial charge on any atom is -0.497 e. The second kappa shape index (κ2) is 15.8. The van der Waals surface area contributed by atoms with E-state index in [4.69, 9.17) is 28.4 Å². The Kier molecular flexibility index (Phi) is 11.4. The van der Waals surface area contributed by atoms with Gasteiger partial charge in [-0.1, -0.05) is 107 Å². The molecule has 7 nitrogen and oxygen atoms in total. The van der Waals surface area contributed by atoms with Gasteiger partial charge >= 0.3 is 5.97 Å². The van der Waals surface area contributed by atoms with Crippen LogP contribution in [0.15, 0.2) is 115 Å². The molecule has 4 aromatic rings. The number of rotatable bonds is 13. The van der Waals surface area contributed by atoms with Crippen molar-refractivity contribution in [1.82, 2.24) is 0 Å². The zero-order valence-corrected chi connectivity index (χ0v) is 25.5. The van der Waals surface area contributed by atoms with Gasteiger partial charge in [0.1, 0.15) is 24.1 Å². The second-order valence-corrected chi connectivity index (χ2v) is 11.0. The van der Waals surface area contributed by atoms with Crippen molar-refractivity contribution in [2.24, 2.45) is 0 Å². The van der Waals surface area contributed by atoms with Gasteiger partial charge in [-0.25, -0.2) is 4.79 Å².